The molecule has 1 aliphatic heterocycles. The minimum Gasteiger partial charge on any atom is -0.388 e. The highest BCUT2D eigenvalue weighted by Crippen LogP contribution is 2.22. The molecule has 0 aliphatic carbocycles. The predicted molar refractivity (Wildman–Crippen MR) is 78.1 cm³/mol. The Bertz CT molecular complexity index is 646. The van der Waals surface area contributed by atoms with Crippen LogP contribution in [0.2, 0.25) is 0 Å². The number of amides is 1. The zero-order valence-corrected chi connectivity index (χ0v) is 12.0. The first-order chi connectivity index (χ1) is 10.1. The number of carbonyl (C=O) groups is 1. The molecular weight excluding hydrogens is 270 g/mol. The number of ether oxygens (including phenoxy) is 1. The Balaban J connectivity index is 1.74. The van der Waals surface area contributed by atoms with Gasteiger partial charge in [0.25, 0.3) is 5.91 Å². The fraction of sp³-hybridized carbons (Fsp3) is 0.467. The standard InChI is InChI=1S/C15H19N3O3/c1-18(10-15(20)4-6-21-7-5-15)14(19)11-2-3-13-12(8-11)9-16-17-13/h2-3,8-9,20H,4-7,10H2,1H3,(H,16,17). The van der Waals surface area contributed by atoms with Gasteiger partial charge in [-0.25, -0.2) is 0 Å². The lowest BCUT2D eigenvalue weighted by atomic mass is 9.93. The summed E-state index contributed by atoms with van der Waals surface area (Å²) in [6.45, 7) is 1.40. The maximum Gasteiger partial charge on any atom is 0.253 e. The molecule has 21 heavy (non-hydrogen) atoms. The second-order valence-corrected chi connectivity index (χ2v) is 5.67. The van der Waals surface area contributed by atoms with Crippen LogP contribution in [0.3, 0.4) is 0 Å². The van der Waals surface area contributed by atoms with Gasteiger partial charge in [0, 0.05) is 50.6 Å². The summed E-state index contributed by atoms with van der Waals surface area (Å²) in [5.41, 5.74) is 0.655. The van der Waals surface area contributed by atoms with Gasteiger partial charge in [0.1, 0.15) is 0 Å². The molecule has 2 aromatic rings. The number of carbonyl (C=O) groups excluding carboxylic acids is 1. The third-order valence-corrected chi connectivity index (χ3v) is 3.99. The first-order valence-electron chi connectivity index (χ1n) is 7.06. The summed E-state index contributed by atoms with van der Waals surface area (Å²) in [6, 6.07) is 5.42. The number of H-pyrrole nitrogens is 1. The summed E-state index contributed by atoms with van der Waals surface area (Å²) in [4.78, 5) is 14.1. The molecule has 0 spiro atoms. The molecule has 112 valence electrons. The molecule has 3 rings (SSSR count). The zero-order chi connectivity index (χ0) is 14.9. The smallest absolute Gasteiger partial charge is 0.253 e. The third-order valence-electron chi connectivity index (χ3n) is 3.99. The topological polar surface area (TPSA) is 78.5 Å². The van der Waals surface area contributed by atoms with E-state index in [-0.39, 0.29) is 5.91 Å². The lowest BCUT2D eigenvalue weighted by molar-refractivity contribution is -0.0734. The molecule has 6 nitrogen and oxygen atoms in total. The number of aliphatic hydroxyl groups is 1. The molecule has 6 heteroatoms. The minimum atomic E-state index is -0.845. The van der Waals surface area contributed by atoms with Gasteiger partial charge in [-0.2, -0.15) is 5.10 Å². The number of hydrogen-bond acceptors (Lipinski definition) is 4. The Hall–Kier alpha value is -1.92. The molecule has 0 unspecified atom stereocenters. The first kappa shape index (κ1) is 14.0. The van der Waals surface area contributed by atoms with Crippen LogP contribution in [0.15, 0.2) is 24.4 Å². The fourth-order valence-corrected chi connectivity index (χ4v) is 2.72. The lowest BCUT2D eigenvalue weighted by Gasteiger charge is -2.35. The number of aromatic nitrogens is 2. The van der Waals surface area contributed by atoms with Gasteiger partial charge in [-0.1, -0.05) is 0 Å². The summed E-state index contributed by atoms with van der Waals surface area (Å²) >= 11 is 0. The highest BCUT2D eigenvalue weighted by molar-refractivity contribution is 5.97. The van der Waals surface area contributed by atoms with E-state index in [1.165, 1.54) is 0 Å². The fourth-order valence-electron chi connectivity index (χ4n) is 2.72. The van der Waals surface area contributed by atoms with Crippen molar-refractivity contribution in [3.8, 4) is 0 Å². The van der Waals surface area contributed by atoms with Crippen LogP contribution in [0.1, 0.15) is 23.2 Å². The Morgan fingerprint density at radius 3 is 3.00 bits per heavy atom. The van der Waals surface area contributed by atoms with E-state index in [0.717, 1.165) is 10.9 Å². The van der Waals surface area contributed by atoms with E-state index >= 15 is 0 Å². The lowest BCUT2D eigenvalue weighted by Crippen LogP contribution is -2.47. The second kappa shape index (κ2) is 5.46. The van der Waals surface area contributed by atoms with Crippen LogP contribution in [0.25, 0.3) is 10.9 Å². The number of hydrogen-bond donors (Lipinski definition) is 2. The average Bonchev–Trinajstić information content (AvgIpc) is 2.94. The van der Waals surface area contributed by atoms with E-state index in [2.05, 4.69) is 10.2 Å². The van der Waals surface area contributed by atoms with E-state index < -0.39 is 5.60 Å². The molecule has 1 aliphatic rings. The van der Waals surface area contributed by atoms with Crippen LogP contribution in [0.5, 0.6) is 0 Å². The molecule has 0 radical (unpaired) electrons. The molecular formula is C15H19N3O3. The Labute approximate surface area is 122 Å². The molecule has 0 atom stereocenters. The quantitative estimate of drug-likeness (QED) is 0.889. The maximum absolute atomic E-state index is 12.5. The second-order valence-electron chi connectivity index (χ2n) is 5.67. The van der Waals surface area contributed by atoms with Crippen molar-refractivity contribution < 1.29 is 14.6 Å². The molecule has 1 aromatic carbocycles. The largest absolute Gasteiger partial charge is 0.388 e. The Morgan fingerprint density at radius 1 is 1.48 bits per heavy atom. The third kappa shape index (κ3) is 2.91. The van der Waals surface area contributed by atoms with E-state index in [0.29, 0.717) is 38.2 Å². The summed E-state index contributed by atoms with van der Waals surface area (Å²) in [5.74, 6) is -0.0991. The van der Waals surface area contributed by atoms with Crippen molar-refractivity contribution in [1.29, 1.82) is 0 Å². The number of rotatable bonds is 3. The molecule has 1 saturated heterocycles. The number of likely N-dealkylation sites (N-methyl/N-ethyl adjacent to an activating group) is 1. The van der Waals surface area contributed by atoms with Crippen LogP contribution in [0.4, 0.5) is 0 Å². The van der Waals surface area contributed by atoms with Gasteiger partial charge in [-0.3, -0.25) is 9.89 Å². The molecule has 0 bridgehead atoms. The van der Waals surface area contributed by atoms with Crippen LogP contribution >= 0.6 is 0 Å². The molecule has 2 N–H and O–H groups in total. The van der Waals surface area contributed by atoms with E-state index in [1.807, 2.05) is 12.1 Å². The van der Waals surface area contributed by atoms with Crippen molar-refractivity contribution in [2.45, 2.75) is 18.4 Å². The van der Waals surface area contributed by atoms with Crippen LogP contribution in [-0.2, 0) is 4.74 Å². The SMILES string of the molecule is CN(CC1(O)CCOCC1)C(=O)c1ccc2[nH]ncc2c1. The summed E-state index contributed by atoms with van der Waals surface area (Å²) < 4.78 is 5.26. The van der Waals surface area contributed by atoms with Crippen LogP contribution in [-0.4, -0.2) is 58.5 Å². The van der Waals surface area contributed by atoms with Crippen LogP contribution < -0.4 is 0 Å². The zero-order valence-electron chi connectivity index (χ0n) is 12.0. The van der Waals surface area contributed by atoms with Crippen molar-refractivity contribution in [2.24, 2.45) is 0 Å². The van der Waals surface area contributed by atoms with Gasteiger partial charge < -0.3 is 14.7 Å². The molecule has 1 aromatic heterocycles. The van der Waals surface area contributed by atoms with Gasteiger partial charge in [0.15, 0.2) is 0 Å². The number of nitrogens with zero attached hydrogens (tertiary/aromatic N) is 2. The maximum atomic E-state index is 12.5. The first-order valence-corrected chi connectivity index (χ1v) is 7.06. The van der Waals surface area contributed by atoms with Crippen molar-refractivity contribution in [3.63, 3.8) is 0 Å². The highest BCUT2D eigenvalue weighted by atomic mass is 16.5. The Morgan fingerprint density at radius 2 is 2.24 bits per heavy atom. The molecule has 0 saturated carbocycles. The minimum absolute atomic E-state index is 0.0991. The van der Waals surface area contributed by atoms with Gasteiger partial charge in [0.2, 0.25) is 0 Å². The van der Waals surface area contributed by atoms with Gasteiger partial charge >= 0.3 is 0 Å². The summed E-state index contributed by atoms with van der Waals surface area (Å²) in [7, 11) is 1.72. The Kier molecular flexibility index (Phi) is 3.65. The average molecular weight is 289 g/mol. The van der Waals surface area contributed by atoms with Gasteiger partial charge in [-0.15, -0.1) is 0 Å². The van der Waals surface area contributed by atoms with Gasteiger partial charge in [0.05, 0.1) is 17.3 Å². The predicted octanol–water partition coefficient (Wildman–Crippen LogP) is 1.18. The monoisotopic (exact) mass is 289 g/mol. The number of benzene rings is 1. The van der Waals surface area contributed by atoms with Crippen molar-refractivity contribution >= 4 is 16.8 Å². The van der Waals surface area contributed by atoms with Crippen molar-refractivity contribution in [2.75, 3.05) is 26.8 Å². The van der Waals surface area contributed by atoms with E-state index in [9.17, 15) is 9.90 Å². The number of aromatic amines is 1. The molecule has 1 fully saturated rings. The van der Waals surface area contributed by atoms with Crippen molar-refractivity contribution in [1.82, 2.24) is 15.1 Å². The van der Waals surface area contributed by atoms with Gasteiger partial charge in [-0.05, 0) is 18.2 Å². The van der Waals surface area contributed by atoms with Crippen molar-refractivity contribution in [3.05, 3.63) is 30.0 Å². The summed E-state index contributed by atoms with van der Waals surface area (Å²) in [6.07, 6.45) is 2.81. The number of nitrogens with one attached hydrogen (secondary N) is 1. The molecule has 1 amide bonds. The number of fused-ring (bicyclic) bond motifs is 1. The normalized spacial score (nSPS) is 17.8. The summed E-state index contributed by atoms with van der Waals surface area (Å²) in [5, 5.41) is 18.2. The van der Waals surface area contributed by atoms with E-state index in [4.69, 9.17) is 4.74 Å². The van der Waals surface area contributed by atoms with Crippen LogP contribution in [0, 0.1) is 0 Å². The van der Waals surface area contributed by atoms with E-state index in [1.54, 1.807) is 24.2 Å². The molecule has 2 heterocycles. The highest BCUT2D eigenvalue weighted by Gasteiger charge is 2.32.